The molecule has 2 amide bonds. The first kappa shape index (κ1) is 26.7. The van der Waals surface area contributed by atoms with Gasteiger partial charge in [0.1, 0.15) is 18.1 Å². The van der Waals surface area contributed by atoms with Crippen LogP contribution in [0.4, 0.5) is 4.79 Å². The van der Waals surface area contributed by atoms with Crippen molar-refractivity contribution >= 4 is 45.4 Å². The quantitative estimate of drug-likeness (QED) is 0.227. The number of rotatable bonds is 7. The molecule has 3 saturated heterocycles. The van der Waals surface area contributed by atoms with E-state index in [2.05, 4.69) is 4.98 Å². The van der Waals surface area contributed by atoms with E-state index in [0.29, 0.717) is 12.1 Å². The lowest BCUT2D eigenvalue weighted by atomic mass is 9.82. The van der Waals surface area contributed by atoms with Gasteiger partial charge in [0.15, 0.2) is 18.1 Å². The van der Waals surface area contributed by atoms with Crippen molar-refractivity contribution in [3.8, 4) is 0 Å². The number of carbonyl (C=O) groups excluding carboxylic acids is 4. The molecule has 222 valence electrons. The van der Waals surface area contributed by atoms with Gasteiger partial charge in [0, 0.05) is 10.9 Å². The highest BCUT2D eigenvalue weighted by Crippen LogP contribution is 3.00. The number of β-lactam (4-membered cyclic amide) rings is 1. The van der Waals surface area contributed by atoms with Crippen molar-refractivity contribution in [2.24, 2.45) is 11.3 Å². The largest absolute Gasteiger partial charge is 0.447 e. The standard InChI is InChI=1S/C31H29N3O8S/c1-16(2)24(26(36)42-25(35)21-14-39-17(3)41-21)34-27(37)30-15-29(30,23-6-4-5-10-32-23)31(30,34)33-20(13-40-28(33)38)18-7-8-22-19(12-18)9-11-43-22/h4-12,16-17,20-21,24H,13-15H2,1-3H3/t17?,20-,21-,24?,29?,30+,31+/m1/s1. The van der Waals surface area contributed by atoms with Crippen LogP contribution >= 0.6 is 11.3 Å². The Kier molecular flexibility index (Phi) is 5.49. The van der Waals surface area contributed by atoms with E-state index in [1.807, 2.05) is 41.8 Å². The maximum atomic E-state index is 14.2. The van der Waals surface area contributed by atoms with Gasteiger partial charge in [0.05, 0.1) is 23.8 Å². The molecule has 1 aromatic carbocycles. The van der Waals surface area contributed by atoms with Crippen LogP contribution in [0, 0.1) is 11.3 Å². The van der Waals surface area contributed by atoms with Crippen molar-refractivity contribution in [1.82, 2.24) is 14.8 Å². The summed E-state index contributed by atoms with van der Waals surface area (Å²) in [6.45, 7) is 5.27. The SMILES string of the molecule is CC1OC[C@H](C(=O)OC(=O)C(C(C)C)N2C(=O)[C@@]34CC3(c3ccccn3)[C@]24N2C(=O)OC[C@@H]2c2ccc3sccc3c2)O1. The molecule has 12 heteroatoms. The topological polar surface area (TPSA) is 125 Å². The fourth-order valence-electron chi connectivity index (χ4n) is 8.00. The number of piperidine rings is 1. The fraction of sp³-hybridized carbons (Fsp3) is 0.452. The molecular weight excluding hydrogens is 574 g/mol. The molecule has 11 nitrogen and oxygen atoms in total. The number of cyclic esters (lactones) is 1. The van der Waals surface area contributed by atoms with Crippen LogP contribution in [0.1, 0.15) is 44.5 Å². The van der Waals surface area contributed by atoms with Crippen molar-refractivity contribution in [2.45, 2.75) is 62.7 Å². The minimum absolute atomic E-state index is 0.0339. The zero-order valence-corrected chi connectivity index (χ0v) is 24.5. The van der Waals surface area contributed by atoms with E-state index in [-0.39, 0.29) is 19.1 Å². The first-order valence-corrected chi connectivity index (χ1v) is 15.3. The second-order valence-corrected chi connectivity index (χ2v) is 13.1. The highest BCUT2D eigenvalue weighted by Gasteiger charge is 3.16. The number of hydrogen-bond donors (Lipinski definition) is 0. The van der Waals surface area contributed by atoms with Crippen molar-refractivity contribution in [3.05, 3.63) is 65.3 Å². The summed E-state index contributed by atoms with van der Waals surface area (Å²) in [6.07, 6.45) is -0.0449. The third-order valence-electron chi connectivity index (χ3n) is 9.83. The number of carbonyl (C=O) groups is 4. The minimum Gasteiger partial charge on any atom is -0.447 e. The molecule has 1 spiro atoms. The molecule has 2 aromatic heterocycles. The molecule has 5 aliphatic rings. The van der Waals surface area contributed by atoms with Crippen LogP contribution < -0.4 is 0 Å². The number of nitrogens with zero attached hydrogens (tertiary/aromatic N) is 3. The highest BCUT2D eigenvalue weighted by atomic mass is 32.1. The van der Waals surface area contributed by atoms with Gasteiger partial charge in [0.2, 0.25) is 5.91 Å². The summed E-state index contributed by atoms with van der Waals surface area (Å²) in [5.74, 6) is -2.46. The van der Waals surface area contributed by atoms with Crippen LogP contribution in [0.15, 0.2) is 54.0 Å². The van der Waals surface area contributed by atoms with Crippen molar-refractivity contribution in [2.75, 3.05) is 13.2 Å². The molecule has 2 aliphatic carbocycles. The van der Waals surface area contributed by atoms with Gasteiger partial charge in [-0.05, 0) is 65.9 Å². The van der Waals surface area contributed by atoms with E-state index in [1.165, 1.54) is 4.90 Å². The van der Waals surface area contributed by atoms with Gasteiger partial charge in [-0.1, -0.05) is 26.0 Å². The Hall–Kier alpha value is -3.87. The van der Waals surface area contributed by atoms with E-state index in [4.69, 9.17) is 18.9 Å². The molecule has 0 N–H and O–H groups in total. The summed E-state index contributed by atoms with van der Waals surface area (Å²) in [5, 5.41) is 3.06. The Labute approximate surface area is 250 Å². The Balaban J connectivity index is 1.21. The maximum absolute atomic E-state index is 14.2. The van der Waals surface area contributed by atoms with Crippen LogP contribution in [-0.4, -0.2) is 76.0 Å². The lowest BCUT2D eigenvalue weighted by molar-refractivity contribution is -0.194. The summed E-state index contributed by atoms with van der Waals surface area (Å²) >= 11 is 1.63. The first-order chi connectivity index (χ1) is 20.7. The van der Waals surface area contributed by atoms with Gasteiger partial charge >= 0.3 is 18.0 Å². The summed E-state index contributed by atoms with van der Waals surface area (Å²) in [5.41, 5.74) is -1.41. The van der Waals surface area contributed by atoms with Crippen LogP contribution in [0.3, 0.4) is 0 Å². The van der Waals surface area contributed by atoms with E-state index in [0.717, 1.165) is 15.6 Å². The maximum Gasteiger partial charge on any atom is 0.412 e. The lowest BCUT2D eigenvalue weighted by Gasteiger charge is -2.56. The molecule has 3 aliphatic heterocycles. The predicted molar refractivity (Wildman–Crippen MR) is 150 cm³/mol. The van der Waals surface area contributed by atoms with Gasteiger partial charge in [0.25, 0.3) is 0 Å². The van der Waals surface area contributed by atoms with Gasteiger partial charge < -0.3 is 23.8 Å². The molecule has 43 heavy (non-hydrogen) atoms. The first-order valence-electron chi connectivity index (χ1n) is 14.4. The molecule has 0 bridgehead atoms. The molecule has 3 aromatic rings. The normalized spacial score (nSPS) is 34.5. The number of ether oxygens (including phenoxy) is 4. The molecule has 2 saturated carbocycles. The monoisotopic (exact) mass is 603 g/mol. The molecule has 3 unspecified atom stereocenters. The Bertz CT molecular complexity index is 1710. The van der Waals surface area contributed by atoms with Crippen LogP contribution in [0.2, 0.25) is 0 Å². The number of likely N-dealkylation sites (tertiary alicyclic amines) is 1. The number of pyridine rings is 1. The number of fused-ring (bicyclic) bond motifs is 2. The van der Waals surface area contributed by atoms with Crippen molar-refractivity contribution in [3.63, 3.8) is 0 Å². The Morgan fingerprint density at radius 3 is 2.67 bits per heavy atom. The Morgan fingerprint density at radius 1 is 1.12 bits per heavy atom. The van der Waals surface area contributed by atoms with Crippen LogP contribution in [-0.2, 0) is 38.7 Å². The number of esters is 2. The highest BCUT2D eigenvalue weighted by molar-refractivity contribution is 7.17. The van der Waals surface area contributed by atoms with Gasteiger partial charge in [-0.3, -0.25) is 14.7 Å². The molecule has 5 heterocycles. The van der Waals surface area contributed by atoms with Crippen molar-refractivity contribution in [1.29, 1.82) is 0 Å². The molecule has 7 atom stereocenters. The molecule has 8 rings (SSSR count). The number of amides is 2. The zero-order valence-electron chi connectivity index (χ0n) is 23.7. The van der Waals surface area contributed by atoms with E-state index in [9.17, 15) is 19.2 Å². The fourth-order valence-corrected chi connectivity index (χ4v) is 8.77. The number of thiophene rings is 1. The van der Waals surface area contributed by atoms with Gasteiger partial charge in [-0.15, -0.1) is 11.3 Å². The third-order valence-corrected chi connectivity index (χ3v) is 10.7. The average Bonchev–Trinajstić information content (AvgIpc) is 3.36. The lowest BCUT2D eigenvalue weighted by Crippen LogP contribution is -2.75. The van der Waals surface area contributed by atoms with Gasteiger partial charge in [-0.2, -0.15) is 0 Å². The molecule has 5 fully saturated rings. The molecule has 0 radical (unpaired) electrons. The summed E-state index contributed by atoms with van der Waals surface area (Å²) in [4.78, 5) is 62.3. The smallest absolute Gasteiger partial charge is 0.412 e. The minimum atomic E-state index is -1.20. The van der Waals surface area contributed by atoms with Crippen molar-refractivity contribution < 1.29 is 38.1 Å². The van der Waals surface area contributed by atoms with E-state index in [1.54, 1.807) is 49.3 Å². The second-order valence-electron chi connectivity index (χ2n) is 12.2. The average molecular weight is 604 g/mol. The van der Waals surface area contributed by atoms with Crippen LogP contribution in [0.5, 0.6) is 0 Å². The van der Waals surface area contributed by atoms with E-state index >= 15 is 0 Å². The predicted octanol–water partition coefficient (Wildman–Crippen LogP) is 3.53. The summed E-state index contributed by atoms with van der Waals surface area (Å²) in [7, 11) is 0. The summed E-state index contributed by atoms with van der Waals surface area (Å²) < 4.78 is 22.8. The second kappa shape index (κ2) is 8.84. The molecular formula is C31H29N3O8S. The zero-order chi connectivity index (χ0) is 29.9. The van der Waals surface area contributed by atoms with Gasteiger partial charge in [-0.25, -0.2) is 14.4 Å². The Morgan fingerprint density at radius 2 is 1.95 bits per heavy atom. The third kappa shape index (κ3) is 3.13. The number of aromatic nitrogens is 1. The number of hydrogen-bond acceptors (Lipinski definition) is 10. The number of benzene rings is 1. The van der Waals surface area contributed by atoms with Crippen LogP contribution in [0.25, 0.3) is 10.1 Å². The van der Waals surface area contributed by atoms with E-state index < -0.39 is 64.9 Å². The summed E-state index contributed by atoms with van der Waals surface area (Å²) in [6, 6.07) is 11.9.